The quantitative estimate of drug-likeness (QED) is 0.0329. The fraction of sp³-hybridized carbons (Fsp3) is 0.736. The van der Waals surface area contributed by atoms with Gasteiger partial charge in [-0.3, -0.25) is 62.3 Å². The lowest BCUT2D eigenvalue weighted by atomic mass is 9.96. The number of amides is 4. The van der Waals surface area contributed by atoms with Crippen molar-refractivity contribution in [3.63, 3.8) is 0 Å². The van der Waals surface area contributed by atoms with Gasteiger partial charge in [-0.15, -0.1) is 0 Å². The Kier molecular flexibility index (Phi) is 43.0. The normalized spacial score (nSPS) is 24.1. The molecule has 0 bridgehead atoms. The second kappa shape index (κ2) is 51.2. The summed E-state index contributed by atoms with van der Waals surface area (Å²) < 4.78 is 138. The Labute approximate surface area is 658 Å². The van der Waals surface area contributed by atoms with E-state index < -0.39 is 195 Å². The van der Waals surface area contributed by atoms with E-state index in [2.05, 4.69) is 16.0 Å². The maximum Gasteiger partial charge on any atom is 0.303 e. The van der Waals surface area contributed by atoms with Gasteiger partial charge in [0.05, 0.1) is 105 Å². The Balaban J connectivity index is 1.24. The van der Waals surface area contributed by atoms with E-state index in [4.69, 9.17) is 114 Å². The van der Waals surface area contributed by atoms with Crippen molar-refractivity contribution in [1.82, 2.24) is 20.9 Å². The monoisotopic (exact) mass is 1640 g/mol. The highest BCUT2D eigenvalue weighted by Crippen LogP contribution is 2.40. The van der Waals surface area contributed by atoms with E-state index in [1.165, 1.54) is 32.9 Å². The summed E-state index contributed by atoms with van der Waals surface area (Å²) in [7, 11) is 0. The number of aliphatic hydroxyl groups is 1. The van der Waals surface area contributed by atoms with Crippen LogP contribution in [0.1, 0.15) is 106 Å². The Bertz CT molecular complexity index is 3130. The predicted octanol–water partition coefficient (Wildman–Crippen LogP) is -1.46. The number of nitrogens with one attached hydrogen (secondary N) is 3. The van der Waals surface area contributed by atoms with Crippen molar-refractivity contribution in [1.29, 1.82) is 0 Å². The highest BCUT2D eigenvalue weighted by molar-refractivity contribution is 5.96. The molecule has 0 radical (unpaired) electrons. The molecule has 114 heavy (non-hydrogen) atoms. The zero-order valence-electron chi connectivity index (χ0n) is 66.1. The van der Waals surface area contributed by atoms with Crippen LogP contribution in [0.4, 0.5) is 0 Å². The molecule has 0 aromatic heterocycles. The molecule has 42 heteroatoms. The summed E-state index contributed by atoms with van der Waals surface area (Å²) in [5.74, 6) is -8.59. The Morgan fingerprint density at radius 1 is 0.351 bits per heavy atom. The summed E-state index contributed by atoms with van der Waals surface area (Å²) in [6, 6.07) is -0.628. The SMILES string of the molecule is CC(=O)N[C@H]1[C@H](OCCOCCOCCOc2cc(C(=O)N3CCC(O)CC3)cc(OCCOCCOCCO[C@@H]3O[C@H](COC(C)=O)[C@H](OC(C)=O)[C@H](OC(C)=O)[C@H]3NC(C)=O)c2OCCOCCOCCO[C@@H]2O[C@H](COC(C)=O)[C@H](OC(C)=O)[C@H](OC(C)=O)[C@H]2NC(C)=O)O[C@H](COC(C)=O)[C@H](OC(C)=O)[C@@H]1OC(C)=O. The first kappa shape index (κ1) is 95.8. The Hall–Kier alpha value is -8.79. The molecule has 4 heterocycles. The summed E-state index contributed by atoms with van der Waals surface area (Å²) in [6.07, 6.45) is -15.4. The minimum absolute atomic E-state index is 0.0288. The van der Waals surface area contributed by atoms with E-state index in [1.807, 2.05) is 0 Å². The molecule has 1 aromatic carbocycles. The van der Waals surface area contributed by atoms with E-state index in [0.29, 0.717) is 12.8 Å². The first-order valence-corrected chi connectivity index (χ1v) is 36.9. The van der Waals surface area contributed by atoms with Crippen molar-refractivity contribution in [3.8, 4) is 17.2 Å². The van der Waals surface area contributed by atoms with Crippen molar-refractivity contribution in [2.45, 2.75) is 194 Å². The summed E-state index contributed by atoms with van der Waals surface area (Å²) in [4.78, 5) is 162. The van der Waals surface area contributed by atoms with Gasteiger partial charge < -0.3 is 140 Å². The van der Waals surface area contributed by atoms with Gasteiger partial charge in [0, 0.05) is 102 Å². The molecule has 0 aliphatic carbocycles. The van der Waals surface area contributed by atoms with Crippen LogP contribution in [0.2, 0.25) is 0 Å². The van der Waals surface area contributed by atoms with Crippen LogP contribution >= 0.6 is 0 Å². The van der Waals surface area contributed by atoms with E-state index in [0.717, 1.165) is 62.3 Å². The Morgan fingerprint density at radius 2 is 0.605 bits per heavy atom. The van der Waals surface area contributed by atoms with Crippen LogP contribution in [0.5, 0.6) is 17.2 Å². The van der Waals surface area contributed by atoms with Crippen LogP contribution in [0, 0.1) is 0 Å². The molecular weight excluding hydrogens is 1530 g/mol. The lowest BCUT2D eigenvalue weighted by molar-refractivity contribution is -0.279. The van der Waals surface area contributed by atoms with Crippen LogP contribution in [-0.4, -0.2) is 337 Å². The van der Waals surface area contributed by atoms with Crippen molar-refractivity contribution in [2.75, 3.05) is 152 Å². The molecule has 4 aliphatic heterocycles. The highest BCUT2D eigenvalue weighted by atomic mass is 16.7. The summed E-state index contributed by atoms with van der Waals surface area (Å²) in [5, 5.41) is 18.2. The number of ether oxygens (including phenoxy) is 24. The first-order chi connectivity index (χ1) is 54.3. The summed E-state index contributed by atoms with van der Waals surface area (Å²) >= 11 is 0. The number of carbonyl (C=O) groups excluding carboxylic acids is 13. The minimum atomic E-state index is -1.33. The van der Waals surface area contributed by atoms with E-state index in [-0.39, 0.29) is 155 Å². The minimum Gasteiger partial charge on any atom is -0.487 e. The topological polar surface area (TPSA) is 503 Å². The van der Waals surface area contributed by atoms with Crippen molar-refractivity contribution >= 4 is 77.4 Å². The van der Waals surface area contributed by atoms with E-state index >= 15 is 0 Å². The smallest absolute Gasteiger partial charge is 0.303 e. The maximum absolute atomic E-state index is 14.2. The molecule has 42 nitrogen and oxygen atoms in total. The van der Waals surface area contributed by atoms with E-state index in [9.17, 15) is 67.4 Å². The molecule has 1 aromatic rings. The van der Waals surface area contributed by atoms with Gasteiger partial charge in [-0.1, -0.05) is 0 Å². The second-order valence-corrected chi connectivity index (χ2v) is 25.8. The number of hydrogen-bond donors (Lipinski definition) is 4. The fourth-order valence-electron chi connectivity index (χ4n) is 11.9. The maximum atomic E-state index is 14.2. The number of hydrogen-bond acceptors (Lipinski definition) is 38. The van der Waals surface area contributed by atoms with Crippen LogP contribution in [0.3, 0.4) is 0 Å². The number of piperidine rings is 1. The third kappa shape index (κ3) is 35.1. The molecule has 0 unspecified atom stereocenters. The zero-order chi connectivity index (χ0) is 83.8. The van der Waals surface area contributed by atoms with Crippen LogP contribution in [0.15, 0.2) is 12.1 Å². The van der Waals surface area contributed by atoms with Crippen molar-refractivity contribution in [3.05, 3.63) is 17.7 Å². The molecule has 15 atom stereocenters. The molecule has 4 aliphatic rings. The summed E-state index contributed by atoms with van der Waals surface area (Å²) in [6.45, 7) is 12.2. The van der Waals surface area contributed by atoms with Crippen molar-refractivity contribution in [2.24, 2.45) is 0 Å². The number of rotatable bonds is 49. The molecule has 4 fully saturated rings. The molecule has 4 amide bonds. The average molecular weight is 1640 g/mol. The third-order valence-corrected chi connectivity index (χ3v) is 16.3. The molecule has 4 saturated heterocycles. The van der Waals surface area contributed by atoms with Gasteiger partial charge in [0.15, 0.2) is 67.0 Å². The standard InChI is InChI=1S/C72H108N4O38/c1-40(77)73-59-66(109-49(10)86)63(106-46(7)83)56(37-103-43(4)80)112-70(59)100-32-26-94-20-17-91-23-29-97-54-35-52(69(90)76-15-13-53(89)14-16-76)36-55(98-30-24-92-18-21-95-27-33-101-71-60(74-41(2)78)67(110-50(11)87)64(107-47(8)84)57(113-71)38-104-44(5)81)62(54)99-31-25-93-19-22-96-28-34-102-72-61(75-42(3)79)68(111-51(12)88)65(108-48(9)85)58(114-72)39-105-45(6)82/h35-36,53,56-61,63-68,70-72,89H,13-34,37-39H2,1-12H3,(H,73,77)(H,74,78)(H,75,79)/t56-,57-,58-,59-,60-,61-,63+,64+,65+,66-,67-,68-,70-,71-,72-/m1/s1. The van der Waals surface area contributed by atoms with Gasteiger partial charge in [0.25, 0.3) is 5.91 Å². The third-order valence-electron chi connectivity index (χ3n) is 16.3. The summed E-state index contributed by atoms with van der Waals surface area (Å²) in [5.41, 5.74) is 0.146. The first-order valence-electron chi connectivity index (χ1n) is 36.9. The number of carbonyl (C=O) groups is 13. The molecule has 5 rings (SSSR count). The molecule has 644 valence electrons. The van der Waals surface area contributed by atoms with Crippen LogP contribution < -0.4 is 30.2 Å². The van der Waals surface area contributed by atoms with Crippen molar-refractivity contribution < 1.29 is 181 Å². The van der Waals surface area contributed by atoms with Gasteiger partial charge in [-0.25, -0.2) is 0 Å². The number of aliphatic hydroxyl groups excluding tert-OH is 1. The largest absolute Gasteiger partial charge is 0.487 e. The Morgan fingerprint density at radius 3 is 0.868 bits per heavy atom. The van der Waals surface area contributed by atoms with Gasteiger partial charge in [0.1, 0.15) is 76.1 Å². The molecule has 0 saturated carbocycles. The fourth-order valence-corrected chi connectivity index (χ4v) is 11.9. The number of likely N-dealkylation sites (tertiary alicyclic amines) is 1. The lowest BCUT2D eigenvalue weighted by Crippen LogP contribution is -2.66. The van der Waals surface area contributed by atoms with Gasteiger partial charge >= 0.3 is 53.7 Å². The zero-order valence-corrected chi connectivity index (χ0v) is 66.1. The average Bonchev–Trinajstić information content (AvgIpc) is 0.801. The lowest BCUT2D eigenvalue weighted by Gasteiger charge is -2.44. The van der Waals surface area contributed by atoms with Gasteiger partial charge in [-0.2, -0.15) is 0 Å². The van der Waals surface area contributed by atoms with Gasteiger partial charge in [-0.05, 0) is 25.0 Å². The molecule has 0 spiro atoms. The number of nitrogens with zero attached hydrogens (tertiary/aromatic N) is 1. The molecule has 4 N–H and O–H groups in total. The number of esters is 9. The molecular formula is C72H108N4O38. The van der Waals surface area contributed by atoms with Crippen LogP contribution in [0.25, 0.3) is 0 Å². The van der Waals surface area contributed by atoms with E-state index in [1.54, 1.807) is 4.90 Å². The highest BCUT2D eigenvalue weighted by Gasteiger charge is 2.54. The van der Waals surface area contributed by atoms with Crippen LogP contribution in [-0.2, 0) is 157 Å². The predicted molar refractivity (Wildman–Crippen MR) is 379 cm³/mol. The second-order valence-electron chi connectivity index (χ2n) is 25.8. The van der Waals surface area contributed by atoms with Gasteiger partial charge in [0.2, 0.25) is 23.5 Å². The number of benzene rings is 1.